The molecule has 3 atom stereocenters. The van der Waals surface area contributed by atoms with Crippen molar-refractivity contribution in [1.82, 2.24) is 15.3 Å². The number of morpholine rings is 1. The van der Waals surface area contributed by atoms with Gasteiger partial charge in [-0.3, -0.25) is 4.79 Å². The number of aromatic nitrogens is 2. The van der Waals surface area contributed by atoms with Crippen LogP contribution in [0.2, 0.25) is 0 Å². The van der Waals surface area contributed by atoms with E-state index in [4.69, 9.17) is 9.72 Å². The summed E-state index contributed by atoms with van der Waals surface area (Å²) in [4.78, 5) is 24.8. The van der Waals surface area contributed by atoms with Gasteiger partial charge >= 0.3 is 0 Å². The molecule has 1 aliphatic heterocycles. The van der Waals surface area contributed by atoms with Gasteiger partial charge in [0.15, 0.2) is 0 Å². The molecular weight excluding hydrogens is 348 g/mol. The summed E-state index contributed by atoms with van der Waals surface area (Å²) in [7, 11) is 0. The van der Waals surface area contributed by atoms with Gasteiger partial charge in [-0.05, 0) is 44.6 Å². The molecule has 138 valence electrons. The fourth-order valence-electron chi connectivity index (χ4n) is 3.82. The Morgan fingerprint density at radius 3 is 2.88 bits per heavy atom. The Hall–Kier alpha value is -1.99. The van der Waals surface area contributed by atoms with Crippen LogP contribution in [0.3, 0.4) is 0 Å². The van der Waals surface area contributed by atoms with Crippen molar-refractivity contribution in [1.29, 1.82) is 0 Å². The van der Waals surface area contributed by atoms with E-state index in [1.807, 2.05) is 23.7 Å². The molecule has 0 bridgehead atoms. The number of nitrogens with one attached hydrogen (secondary N) is 1. The molecule has 1 amide bonds. The molecule has 0 unspecified atom stereocenters. The van der Waals surface area contributed by atoms with Crippen molar-refractivity contribution in [3.63, 3.8) is 0 Å². The molecule has 1 aliphatic carbocycles. The van der Waals surface area contributed by atoms with Gasteiger partial charge in [-0.15, -0.1) is 11.3 Å². The van der Waals surface area contributed by atoms with Gasteiger partial charge in [0.1, 0.15) is 0 Å². The second-order valence-electron chi connectivity index (χ2n) is 7.13. The Bertz CT molecular complexity index is 770. The lowest BCUT2D eigenvalue weighted by Crippen LogP contribution is -2.46. The molecule has 0 radical (unpaired) electrons. The smallest absolute Gasteiger partial charge is 0.261 e. The maximum atomic E-state index is 12.4. The summed E-state index contributed by atoms with van der Waals surface area (Å²) in [5.41, 5.74) is 2.11. The topological polar surface area (TPSA) is 67.4 Å². The summed E-state index contributed by atoms with van der Waals surface area (Å²) in [6, 6.07) is 3.74. The normalized spacial score (nSPS) is 25.6. The van der Waals surface area contributed by atoms with Crippen molar-refractivity contribution in [3.05, 3.63) is 39.8 Å². The van der Waals surface area contributed by atoms with Crippen LogP contribution in [-0.2, 0) is 11.2 Å². The average molecular weight is 372 g/mol. The van der Waals surface area contributed by atoms with Crippen LogP contribution in [-0.4, -0.2) is 41.2 Å². The van der Waals surface area contributed by atoms with Crippen molar-refractivity contribution in [2.45, 2.75) is 51.4 Å². The highest BCUT2D eigenvalue weighted by molar-refractivity contribution is 7.12. The van der Waals surface area contributed by atoms with Crippen LogP contribution < -0.4 is 10.2 Å². The summed E-state index contributed by atoms with van der Waals surface area (Å²) in [5, 5.41) is 5.07. The number of carbonyl (C=O) groups is 1. The van der Waals surface area contributed by atoms with E-state index in [0.717, 1.165) is 54.4 Å². The first-order chi connectivity index (χ1) is 12.6. The Morgan fingerprint density at radius 1 is 1.35 bits per heavy atom. The molecule has 3 heterocycles. The molecule has 2 aromatic rings. The molecular formula is C19H24N4O2S. The fourth-order valence-corrected chi connectivity index (χ4v) is 4.44. The highest BCUT2D eigenvalue weighted by atomic mass is 32.1. The maximum absolute atomic E-state index is 12.4. The van der Waals surface area contributed by atoms with Crippen molar-refractivity contribution in [3.8, 4) is 0 Å². The summed E-state index contributed by atoms with van der Waals surface area (Å²) < 4.78 is 5.80. The number of hydrogen-bond acceptors (Lipinski definition) is 6. The lowest BCUT2D eigenvalue weighted by Gasteiger charge is -2.36. The monoisotopic (exact) mass is 372 g/mol. The van der Waals surface area contributed by atoms with Crippen molar-refractivity contribution in [2.24, 2.45) is 0 Å². The first-order valence-electron chi connectivity index (χ1n) is 9.20. The second-order valence-corrected chi connectivity index (χ2v) is 8.08. The first-order valence-corrected chi connectivity index (χ1v) is 10.1. The Balaban J connectivity index is 1.53. The van der Waals surface area contributed by atoms with Gasteiger partial charge in [-0.1, -0.05) is 6.07 Å². The van der Waals surface area contributed by atoms with Crippen LogP contribution >= 0.6 is 11.3 Å². The number of anilines is 1. The molecule has 0 saturated carbocycles. The Morgan fingerprint density at radius 2 is 2.15 bits per heavy atom. The zero-order valence-corrected chi connectivity index (χ0v) is 16.0. The third-order valence-corrected chi connectivity index (χ3v) is 5.79. The molecule has 0 spiro atoms. The Kier molecular flexibility index (Phi) is 4.91. The van der Waals surface area contributed by atoms with Gasteiger partial charge in [0.25, 0.3) is 5.91 Å². The fraction of sp³-hybridized carbons (Fsp3) is 0.526. The number of carbonyl (C=O) groups excluding carboxylic acids is 1. The molecule has 2 aromatic heterocycles. The minimum Gasteiger partial charge on any atom is -0.372 e. The number of amides is 1. The third-order valence-electron chi connectivity index (χ3n) is 4.92. The van der Waals surface area contributed by atoms with E-state index >= 15 is 0 Å². The highest BCUT2D eigenvalue weighted by Gasteiger charge is 2.28. The van der Waals surface area contributed by atoms with Crippen LogP contribution in [0.5, 0.6) is 0 Å². The van der Waals surface area contributed by atoms with Crippen LogP contribution in [0.4, 0.5) is 5.95 Å². The van der Waals surface area contributed by atoms with E-state index in [2.05, 4.69) is 29.0 Å². The molecule has 1 fully saturated rings. The minimum atomic E-state index is -0.0160. The number of nitrogens with zero attached hydrogens (tertiary/aromatic N) is 3. The number of thiophene rings is 1. The van der Waals surface area contributed by atoms with Gasteiger partial charge in [0, 0.05) is 24.8 Å². The summed E-state index contributed by atoms with van der Waals surface area (Å²) in [5.74, 6) is 0.758. The summed E-state index contributed by atoms with van der Waals surface area (Å²) in [6.07, 6.45) is 5.15. The van der Waals surface area contributed by atoms with Crippen molar-refractivity contribution >= 4 is 23.2 Å². The van der Waals surface area contributed by atoms with E-state index in [0.29, 0.717) is 0 Å². The number of ether oxygens (including phenoxy) is 1. The van der Waals surface area contributed by atoms with E-state index in [-0.39, 0.29) is 24.2 Å². The van der Waals surface area contributed by atoms with Crippen molar-refractivity contribution in [2.75, 3.05) is 18.0 Å². The molecule has 6 nitrogen and oxygen atoms in total. The molecule has 1 saturated heterocycles. The van der Waals surface area contributed by atoms with Crippen LogP contribution in [0.15, 0.2) is 23.7 Å². The number of hydrogen-bond donors (Lipinski definition) is 1. The first kappa shape index (κ1) is 17.4. The SMILES string of the molecule is C[C@@H]1CN(c2ncc3c(n2)CCC[C@@H]3NC(=O)c2cccs2)C[C@H](C)O1. The Labute approximate surface area is 157 Å². The lowest BCUT2D eigenvalue weighted by molar-refractivity contribution is -0.00574. The van der Waals surface area contributed by atoms with Crippen molar-refractivity contribution < 1.29 is 9.53 Å². The van der Waals surface area contributed by atoms with Gasteiger partial charge in [0.2, 0.25) is 5.95 Å². The van der Waals surface area contributed by atoms with Crippen LogP contribution in [0.25, 0.3) is 0 Å². The van der Waals surface area contributed by atoms with Gasteiger partial charge in [-0.25, -0.2) is 9.97 Å². The molecule has 0 aromatic carbocycles. The summed E-state index contributed by atoms with van der Waals surface area (Å²) >= 11 is 1.46. The molecule has 26 heavy (non-hydrogen) atoms. The van der Waals surface area contributed by atoms with Crippen LogP contribution in [0.1, 0.15) is 53.7 Å². The molecule has 2 aliphatic rings. The predicted molar refractivity (Wildman–Crippen MR) is 102 cm³/mol. The number of fused-ring (bicyclic) bond motifs is 1. The quantitative estimate of drug-likeness (QED) is 0.897. The zero-order chi connectivity index (χ0) is 18.1. The minimum absolute atomic E-state index is 0.00932. The van der Waals surface area contributed by atoms with E-state index in [1.54, 1.807) is 0 Å². The predicted octanol–water partition coefficient (Wildman–Crippen LogP) is 2.96. The summed E-state index contributed by atoms with van der Waals surface area (Å²) in [6.45, 7) is 5.78. The molecule has 4 rings (SSSR count). The van der Waals surface area contributed by atoms with E-state index in [9.17, 15) is 4.79 Å². The number of rotatable bonds is 3. The zero-order valence-electron chi connectivity index (χ0n) is 15.1. The largest absolute Gasteiger partial charge is 0.372 e. The van der Waals surface area contributed by atoms with Gasteiger partial charge < -0.3 is 15.0 Å². The molecule has 1 N–H and O–H groups in total. The van der Waals surface area contributed by atoms with E-state index in [1.165, 1.54) is 11.3 Å². The third kappa shape index (κ3) is 3.59. The van der Waals surface area contributed by atoms with E-state index < -0.39 is 0 Å². The molecule has 7 heteroatoms. The highest BCUT2D eigenvalue weighted by Crippen LogP contribution is 2.30. The second kappa shape index (κ2) is 7.32. The van der Waals surface area contributed by atoms with Gasteiger partial charge in [-0.2, -0.15) is 0 Å². The average Bonchev–Trinajstić information content (AvgIpc) is 3.15. The standard InChI is InChI=1S/C19H24N4O2S/c1-12-10-23(11-13(2)25-12)19-20-9-14-15(5-3-6-16(14)22-19)21-18(24)17-7-4-8-26-17/h4,7-9,12-13,15H,3,5-6,10-11H2,1-2H3,(H,21,24)/t12-,13+,15-/m0/s1. The maximum Gasteiger partial charge on any atom is 0.261 e. The van der Waals surface area contributed by atoms with Gasteiger partial charge in [0.05, 0.1) is 28.8 Å². The number of aryl methyl sites for hydroxylation is 1. The lowest BCUT2D eigenvalue weighted by atomic mass is 9.92. The van der Waals surface area contributed by atoms with Crippen LogP contribution in [0, 0.1) is 0 Å².